The molecule has 1 aromatic carbocycles. The Bertz CT molecular complexity index is 584. The van der Waals surface area contributed by atoms with Crippen LogP contribution in [0.5, 0.6) is 0 Å². The number of nitrogens with one attached hydrogen (secondary N) is 1. The Morgan fingerprint density at radius 1 is 1.43 bits per heavy atom. The normalized spacial score (nSPS) is 11.6. The van der Waals surface area contributed by atoms with Crippen LogP contribution in [-0.2, 0) is 11.2 Å². The van der Waals surface area contributed by atoms with Crippen LogP contribution in [0.25, 0.3) is 11.5 Å². The molecule has 7 heteroatoms. The summed E-state index contributed by atoms with van der Waals surface area (Å²) in [5, 5.41) is 3.42. The van der Waals surface area contributed by atoms with Crippen molar-refractivity contribution in [2.24, 2.45) is 5.73 Å². The van der Waals surface area contributed by atoms with Crippen LogP contribution in [0.4, 0.5) is 0 Å². The summed E-state index contributed by atoms with van der Waals surface area (Å²) in [6.45, 7) is 2.25. The summed E-state index contributed by atoms with van der Waals surface area (Å²) in [6, 6.07) is 7.10. The lowest BCUT2D eigenvalue weighted by molar-refractivity contribution is -0.121. The molecule has 21 heavy (non-hydrogen) atoms. The van der Waals surface area contributed by atoms with Crippen LogP contribution in [0.15, 0.2) is 34.9 Å². The predicted octanol–water partition coefficient (Wildman–Crippen LogP) is 2.42. The van der Waals surface area contributed by atoms with Gasteiger partial charge >= 0.3 is 0 Å². The second-order valence-electron chi connectivity index (χ2n) is 4.53. The Hall–Kier alpha value is -1.56. The summed E-state index contributed by atoms with van der Waals surface area (Å²) >= 11 is 5.82. The van der Waals surface area contributed by atoms with Crippen molar-refractivity contribution in [3.63, 3.8) is 0 Å². The van der Waals surface area contributed by atoms with Crippen molar-refractivity contribution in [3.05, 3.63) is 41.2 Å². The van der Waals surface area contributed by atoms with Crippen molar-refractivity contribution in [2.45, 2.75) is 19.4 Å². The third kappa shape index (κ3) is 5.04. The van der Waals surface area contributed by atoms with E-state index in [1.54, 1.807) is 12.1 Å². The fourth-order valence-electron chi connectivity index (χ4n) is 1.66. The smallest absolute Gasteiger partial charge is 0.226 e. The standard InChI is InChI=1S/C14H16ClN3O2.ClH/c1-9(7-16)17-13(19)6-12-8-20-14(18-12)10-2-4-11(15)5-3-10;/h2-5,8-9H,6-7,16H2,1H3,(H,17,19);1H/t9-;/m0./s1. The maximum absolute atomic E-state index is 11.7. The van der Waals surface area contributed by atoms with E-state index in [1.807, 2.05) is 19.1 Å². The molecule has 1 atom stereocenters. The Labute approximate surface area is 134 Å². The maximum atomic E-state index is 11.7. The van der Waals surface area contributed by atoms with Gasteiger partial charge in [0.05, 0.1) is 12.1 Å². The van der Waals surface area contributed by atoms with Gasteiger partial charge in [-0.15, -0.1) is 12.4 Å². The first-order valence-corrected chi connectivity index (χ1v) is 6.66. The number of amides is 1. The number of nitrogens with two attached hydrogens (primary N) is 1. The highest BCUT2D eigenvalue weighted by Gasteiger charge is 2.11. The van der Waals surface area contributed by atoms with E-state index in [2.05, 4.69) is 10.3 Å². The molecule has 0 unspecified atom stereocenters. The summed E-state index contributed by atoms with van der Waals surface area (Å²) in [5.41, 5.74) is 6.84. The SMILES string of the molecule is C[C@@H](CN)NC(=O)Cc1coc(-c2ccc(Cl)cc2)n1.Cl. The van der Waals surface area contributed by atoms with E-state index in [1.165, 1.54) is 6.26 Å². The first-order chi connectivity index (χ1) is 9.58. The molecule has 0 aliphatic heterocycles. The second-order valence-corrected chi connectivity index (χ2v) is 4.97. The first kappa shape index (κ1) is 17.5. The maximum Gasteiger partial charge on any atom is 0.226 e. The number of aromatic nitrogens is 1. The highest BCUT2D eigenvalue weighted by molar-refractivity contribution is 6.30. The summed E-state index contributed by atoms with van der Waals surface area (Å²) in [4.78, 5) is 16.0. The van der Waals surface area contributed by atoms with E-state index in [0.29, 0.717) is 23.2 Å². The number of carbonyl (C=O) groups excluding carboxylic acids is 1. The number of carbonyl (C=O) groups is 1. The van der Waals surface area contributed by atoms with Crippen LogP contribution in [0.2, 0.25) is 5.02 Å². The number of hydrogen-bond donors (Lipinski definition) is 2. The minimum Gasteiger partial charge on any atom is -0.444 e. The molecule has 0 aliphatic rings. The minimum absolute atomic E-state index is 0. The Morgan fingerprint density at radius 3 is 2.71 bits per heavy atom. The number of hydrogen-bond acceptors (Lipinski definition) is 4. The summed E-state index contributed by atoms with van der Waals surface area (Å²) in [5.74, 6) is 0.343. The summed E-state index contributed by atoms with van der Waals surface area (Å²) in [6.07, 6.45) is 1.65. The number of benzene rings is 1. The molecular weight excluding hydrogens is 313 g/mol. The van der Waals surface area contributed by atoms with E-state index < -0.39 is 0 Å². The quantitative estimate of drug-likeness (QED) is 0.882. The fourth-order valence-corrected chi connectivity index (χ4v) is 1.79. The lowest BCUT2D eigenvalue weighted by Crippen LogP contribution is -2.38. The van der Waals surface area contributed by atoms with Gasteiger partial charge in [-0.2, -0.15) is 0 Å². The molecular formula is C14H17Cl2N3O2. The third-order valence-electron chi connectivity index (χ3n) is 2.75. The van der Waals surface area contributed by atoms with Crippen molar-refractivity contribution >= 4 is 29.9 Å². The van der Waals surface area contributed by atoms with Crippen LogP contribution in [0.1, 0.15) is 12.6 Å². The summed E-state index contributed by atoms with van der Waals surface area (Å²) in [7, 11) is 0. The van der Waals surface area contributed by atoms with Crippen molar-refractivity contribution in [1.82, 2.24) is 10.3 Å². The fraction of sp³-hybridized carbons (Fsp3) is 0.286. The van der Waals surface area contributed by atoms with Crippen molar-refractivity contribution in [3.8, 4) is 11.5 Å². The molecule has 0 bridgehead atoms. The van der Waals surface area contributed by atoms with Crippen LogP contribution in [-0.4, -0.2) is 23.5 Å². The van der Waals surface area contributed by atoms with Gasteiger partial charge in [-0.05, 0) is 31.2 Å². The minimum atomic E-state index is -0.126. The zero-order chi connectivity index (χ0) is 14.5. The topological polar surface area (TPSA) is 81.1 Å². The van der Waals surface area contributed by atoms with Gasteiger partial charge in [0.2, 0.25) is 11.8 Å². The van der Waals surface area contributed by atoms with Gasteiger partial charge in [-0.25, -0.2) is 4.98 Å². The zero-order valence-electron chi connectivity index (χ0n) is 11.5. The molecule has 0 spiro atoms. The molecule has 1 amide bonds. The zero-order valence-corrected chi connectivity index (χ0v) is 13.1. The van der Waals surface area contributed by atoms with Gasteiger partial charge in [0.15, 0.2) is 0 Å². The highest BCUT2D eigenvalue weighted by Crippen LogP contribution is 2.20. The number of nitrogens with zero attached hydrogens (tertiary/aromatic N) is 1. The van der Waals surface area contributed by atoms with Gasteiger partial charge in [0, 0.05) is 23.2 Å². The molecule has 1 aromatic heterocycles. The molecule has 114 valence electrons. The first-order valence-electron chi connectivity index (χ1n) is 6.28. The van der Waals surface area contributed by atoms with Crippen LogP contribution in [0, 0.1) is 0 Å². The van der Waals surface area contributed by atoms with Crippen molar-refractivity contribution in [2.75, 3.05) is 6.54 Å². The largest absolute Gasteiger partial charge is 0.444 e. The van der Waals surface area contributed by atoms with Gasteiger partial charge in [0.25, 0.3) is 0 Å². The molecule has 5 nitrogen and oxygen atoms in total. The number of halogens is 2. The molecule has 3 N–H and O–H groups in total. The van der Waals surface area contributed by atoms with Crippen LogP contribution >= 0.6 is 24.0 Å². The average Bonchev–Trinajstić information content (AvgIpc) is 2.87. The molecule has 2 rings (SSSR count). The van der Waals surface area contributed by atoms with E-state index >= 15 is 0 Å². The van der Waals surface area contributed by atoms with E-state index in [9.17, 15) is 4.79 Å². The Morgan fingerprint density at radius 2 is 2.10 bits per heavy atom. The third-order valence-corrected chi connectivity index (χ3v) is 3.00. The van der Waals surface area contributed by atoms with Crippen molar-refractivity contribution < 1.29 is 9.21 Å². The lowest BCUT2D eigenvalue weighted by Gasteiger charge is -2.09. The Balaban J connectivity index is 0.00000220. The van der Waals surface area contributed by atoms with Gasteiger partial charge in [-0.1, -0.05) is 11.6 Å². The van der Waals surface area contributed by atoms with E-state index in [4.69, 9.17) is 21.8 Å². The summed E-state index contributed by atoms with van der Waals surface area (Å²) < 4.78 is 5.36. The monoisotopic (exact) mass is 329 g/mol. The van der Waals surface area contributed by atoms with Gasteiger partial charge in [0.1, 0.15) is 6.26 Å². The Kier molecular flexibility index (Phi) is 6.68. The molecule has 0 saturated carbocycles. The molecule has 1 heterocycles. The predicted molar refractivity (Wildman–Crippen MR) is 84.6 cm³/mol. The number of oxazole rings is 1. The van der Waals surface area contributed by atoms with Gasteiger partial charge < -0.3 is 15.5 Å². The highest BCUT2D eigenvalue weighted by atomic mass is 35.5. The number of rotatable bonds is 5. The molecule has 0 saturated heterocycles. The van der Waals surface area contributed by atoms with Crippen molar-refractivity contribution in [1.29, 1.82) is 0 Å². The molecule has 0 fully saturated rings. The van der Waals surface area contributed by atoms with Crippen LogP contribution in [0.3, 0.4) is 0 Å². The van der Waals surface area contributed by atoms with E-state index in [0.717, 1.165) is 5.56 Å². The van der Waals surface area contributed by atoms with E-state index in [-0.39, 0.29) is 30.8 Å². The van der Waals surface area contributed by atoms with Crippen LogP contribution < -0.4 is 11.1 Å². The lowest BCUT2D eigenvalue weighted by atomic mass is 10.2. The molecule has 0 aliphatic carbocycles. The average molecular weight is 330 g/mol. The van der Waals surface area contributed by atoms with Gasteiger partial charge in [-0.3, -0.25) is 4.79 Å². The molecule has 0 radical (unpaired) electrons. The second kappa shape index (κ2) is 8.02. The molecule has 2 aromatic rings.